The summed E-state index contributed by atoms with van der Waals surface area (Å²) in [5.74, 6) is 1.01. The summed E-state index contributed by atoms with van der Waals surface area (Å²) in [5, 5.41) is 2.31. The van der Waals surface area contributed by atoms with Gasteiger partial charge in [0.15, 0.2) is 0 Å². The molecule has 0 N–H and O–H groups in total. The molecule has 1 fully saturated rings. The first-order chi connectivity index (χ1) is 6.68. The summed E-state index contributed by atoms with van der Waals surface area (Å²) in [5.41, 5.74) is 2.53. The summed E-state index contributed by atoms with van der Waals surface area (Å²) in [6.45, 7) is 6.14. The fourth-order valence-electron chi connectivity index (χ4n) is 1.46. The van der Waals surface area contributed by atoms with Crippen molar-refractivity contribution in [2.75, 3.05) is 5.75 Å². The lowest BCUT2D eigenvalue weighted by atomic mass is 10.1. The smallest absolute Gasteiger partial charge is 0.0859 e. The van der Waals surface area contributed by atoms with Gasteiger partial charge in [0.25, 0.3) is 0 Å². The molecule has 0 unspecified atom stereocenters. The van der Waals surface area contributed by atoms with E-state index in [1.54, 1.807) is 10.8 Å². The monoisotopic (exact) mass is 238 g/mol. The molecule has 3 heteroatoms. The lowest BCUT2D eigenvalue weighted by Crippen LogP contribution is -2.27. The average Bonchev–Trinajstić information content (AvgIpc) is 2.52. The zero-order chi connectivity index (χ0) is 10.1. The molecule has 0 atom stereocenters. The first-order valence-electron chi connectivity index (χ1n) is 4.31. The van der Waals surface area contributed by atoms with Crippen LogP contribution in [0.1, 0.15) is 5.56 Å². The van der Waals surface area contributed by atoms with Crippen molar-refractivity contribution in [1.82, 2.24) is 0 Å². The highest BCUT2D eigenvalue weighted by Crippen LogP contribution is 2.37. The number of hydrogen-bond acceptors (Lipinski definition) is 3. The van der Waals surface area contributed by atoms with Gasteiger partial charge < -0.3 is 0 Å². The second-order valence-electron chi connectivity index (χ2n) is 3.27. The third-order valence-electron chi connectivity index (χ3n) is 2.17. The number of rotatable bonds is 0. The lowest BCUT2D eigenvalue weighted by molar-refractivity contribution is 1.40. The summed E-state index contributed by atoms with van der Waals surface area (Å²) in [6, 6.07) is 6.36. The summed E-state index contributed by atoms with van der Waals surface area (Å²) in [6.07, 6.45) is 0. The van der Waals surface area contributed by atoms with Crippen molar-refractivity contribution in [3.63, 3.8) is 0 Å². The van der Waals surface area contributed by atoms with E-state index in [9.17, 15) is 0 Å². The van der Waals surface area contributed by atoms with Crippen LogP contribution >= 0.6 is 33.8 Å². The minimum Gasteiger partial charge on any atom is -0.0911 e. The van der Waals surface area contributed by atoms with Crippen molar-refractivity contribution in [3.05, 3.63) is 34.2 Å². The Balaban J connectivity index is 2.72. The van der Waals surface area contributed by atoms with E-state index in [1.165, 1.54) is 16.4 Å². The van der Waals surface area contributed by atoms with Gasteiger partial charge in [-0.15, -0.1) is 0 Å². The van der Waals surface area contributed by atoms with Gasteiger partial charge >= 0.3 is 0 Å². The molecule has 0 bridgehead atoms. The van der Waals surface area contributed by atoms with E-state index in [2.05, 4.69) is 31.7 Å². The first kappa shape index (κ1) is 10.3. The Labute approximate surface area is 96.9 Å². The van der Waals surface area contributed by atoms with E-state index in [-0.39, 0.29) is 0 Å². The molecule has 0 amide bonds. The largest absolute Gasteiger partial charge is 0.0911 e. The number of hydrogen-bond donors (Lipinski definition) is 0. The topological polar surface area (TPSA) is 0 Å². The van der Waals surface area contributed by atoms with Crippen LogP contribution in [0.2, 0.25) is 0 Å². The third kappa shape index (κ3) is 1.90. The van der Waals surface area contributed by atoms with Gasteiger partial charge in [-0.1, -0.05) is 53.4 Å². The molecule has 0 aliphatic carbocycles. The molecule has 0 spiro atoms. The molecule has 1 aliphatic rings. The summed E-state index contributed by atoms with van der Waals surface area (Å²) in [4.78, 5) is 0. The molecule has 0 saturated carbocycles. The van der Waals surface area contributed by atoms with Crippen molar-refractivity contribution in [2.45, 2.75) is 6.92 Å². The molecule has 2 rings (SSSR count). The highest BCUT2D eigenvalue weighted by Gasteiger charge is 2.15. The van der Waals surface area contributed by atoms with E-state index in [0.717, 1.165) is 15.2 Å². The van der Waals surface area contributed by atoms with E-state index >= 15 is 0 Å². The molecule has 1 aliphatic heterocycles. The first-order valence-corrected chi connectivity index (χ1v) is 7.04. The number of benzene rings is 1. The van der Waals surface area contributed by atoms with E-state index in [0.29, 0.717) is 0 Å². The van der Waals surface area contributed by atoms with E-state index in [1.807, 2.05) is 10.8 Å². The molecular formula is C11H10S3. The van der Waals surface area contributed by atoms with Crippen molar-refractivity contribution < 1.29 is 0 Å². The molecule has 1 aromatic rings. The van der Waals surface area contributed by atoms with Crippen LogP contribution in [-0.2, 0) is 0 Å². The van der Waals surface area contributed by atoms with Crippen LogP contribution in [0.15, 0.2) is 18.2 Å². The van der Waals surface area contributed by atoms with Gasteiger partial charge in [-0.05, 0) is 33.7 Å². The third-order valence-corrected chi connectivity index (χ3v) is 5.11. The Kier molecular flexibility index (Phi) is 3.00. The molecule has 1 aromatic carbocycles. The van der Waals surface area contributed by atoms with Crippen molar-refractivity contribution in [3.8, 4) is 0 Å². The van der Waals surface area contributed by atoms with Crippen LogP contribution in [0.5, 0.6) is 0 Å². The predicted octanol–water partition coefficient (Wildman–Crippen LogP) is 2.28. The highest BCUT2D eigenvalue weighted by molar-refractivity contribution is 8.85. The van der Waals surface area contributed by atoms with Crippen LogP contribution < -0.4 is 10.4 Å². The molecule has 0 radical (unpaired) electrons. The number of aryl methyl sites for hydroxylation is 1. The summed E-state index contributed by atoms with van der Waals surface area (Å²) < 4.78 is 1.02. The van der Waals surface area contributed by atoms with Crippen LogP contribution in [0.4, 0.5) is 0 Å². The van der Waals surface area contributed by atoms with Crippen LogP contribution in [0, 0.1) is 6.92 Å². The summed E-state index contributed by atoms with van der Waals surface area (Å²) in [7, 11) is 3.51. The molecule has 0 aromatic heterocycles. The van der Waals surface area contributed by atoms with Gasteiger partial charge in [0.05, 0.1) is 4.20 Å². The Bertz CT molecular complexity index is 488. The van der Waals surface area contributed by atoms with E-state index < -0.39 is 0 Å². The van der Waals surface area contributed by atoms with Gasteiger partial charge in [0.2, 0.25) is 0 Å². The average molecular weight is 238 g/mol. The maximum atomic E-state index is 5.29. The van der Waals surface area contributed by atoms with Crippen molar-refractivity contribution in [1.29, 1.82) is 0 Å². The zero-order valence-corrected chi connectivity index (χ0v) is 10.3. The fourth-order valence-corrected chi connectivity index (χ4v) is 4.27. The van der Waals surface area contributed by atoms with Crippen molar-refractivity contribution >= 4 is 50.2 Å². The lowest BCUT2D eigenvalue weighted by Gasteiger charge is -1.97. The molecule has 72 valence electrons. The molecule has 14 heavy (non-hydrogen) atoms. The summed E-state index contributed by atoms with van der Waals surface area (Å²) >= 11 is 5.29. The Morgan fingerprint density at radius 1 is 1.43 bits per heavy atom. The van der Waals surface area contributed by atoms with Crippen LogP contribution in [0.25, 0.3) is 12.2 Å². The maximum Gasteiger partial charge on any atom is 0.0859 e. The molecule has 1 saturated heterocycles. The normalized spacial score (nSPS) is 20.2. The van der Waals surface area contributed by atoms with Gasteiger partial charge in [0.1, 0.15) is 0 Å². The second kappa shape index (κ2) is 4.09. The van der Waals surface area contributed by atoms with Gasteiger partial charge in [-0.3, -0.25) is 0 Å². The van der Waals surface area contributed by atoms with Gasteiger partial charge in [0, 0.05) is 5.75 Å². The SMILES string of the molecule is C=c1cc(C)cc/c1=C1/CSSC1=S. The van der Waals surface area contributed by atoms with Gasteiger partial charge in [-0.2, -0.15) is 0 Å². The number of thiocarbonyl (C=S) groups is 1. The standard InChI is InChI=1S/C11H10S3/c1-7-3-4-9(8(2)5-7)10-6-13-14-11(10)12/h3-5H,2,6H2,1H3/b10-9+. The van der Waals surface area contributed by atoms with Crippen LogP contribution in [0.3, 0.4) is 0 Å². The Morgan fingerprint density at radius 3 is 2.79 bits per heavy atom. The van der Waals surface area contributed by atoms with Crippen molar-refractivity contribution in [2.24, 2.45) is 0 Å². The molecule has 1 heterocycles. The quantitative estimate of drug-likeness (QED) is 0.503. The second-order valence-corrected chi connectivity index (χ2v) is 6.25. The molecular weight excluding hydrogens is 228 g/mol. The molecule has 0 nitrogen and oxygen atoms in total. The van der Waals surface area contributed by atoms with Crippen LogP contribution in [-0.4, -0.2) is 9.95 Å². The highest BCUT2D eigenvalue weighted by atomic mass is 33.1. The zero-order valence-electron chi connectivity index (χ0n) is 7.87. The Hall–Kier alpha value is -0.250. The fraction of sp³-hybridized carbons (Fsp3) is 0.182. The van der Waals surface area contributed by atoms with Gasteiger partial charge in [-0.25, -0.2) is 0 Å². The minimum absolute atomic E-state index is 1.01. The van der Waals surface area contributed by atoms with E-state index in [4.69, 9.17) is 12.2 Å². The minimum atomic E-state index is 1.01. The Morgan fingerprint density at radius 2 is 2.21 bits per heavy atom. The predicted molar refractivity (Wildman–Crippen MR) is 72.0 cm³/mol. The maximum absolute atomic E-state index is 5.29.